The molecule has 13 nitrogen and oxygen atoms in total. The molecule has 0 saturated heterocycles. The van der Waals surface area contributed by atoms with Crippen molar-refractivity contribution in [3.8, 4) is 0 Å². The number of carbonyl (C=O) groups is 3. The van der Waals surface area contributed by atoms with E-state index in [2.05, 4.69) is 60.3 Å². The molecule has 0 atom stereocenters. The molecule has 15 heteroatoms. The summed E-state index contributed by atoms with van der Waals surface area (Å²) in [7, 11) is 7.52. The number of imidazole rings is 2. The van der Waals surface area contributed by atoms with Crippen molar-refractivity contribution < 1.29 is 19.2 Å². The van der Waals surface area contributed by atoms with Gasteiger partial charge in [-0.05, 0) is 37.3 Å². The van der Waals surface area contributed by atoms with Crippen LogP contribution in [0.25, 0.3) is 0 Å². The number of hydrogen-bond donors (Lipinski definition) is 4. The van der Waals surface area contributed by atoms with Crippen molar-refractivity contribution in [1.82, 2.24) is 29.7 Å². The molecule has 2 rings (SSSR count). The van der Waals surface area contributed by atoms with E-state index in [0.29, 0.717) is 0 Å². The zero-order valence-corrected chi connectivity index (χ0v) is 18.8. The Morgan fingerprint density at radius 3 is 1.37 bits per heavy atom. The third-order valence-corrected chi connectivity index (χ3v) is 2.00. The number of nitrogens with zero attached hydrogens (tertiary/aromatic N) is 5. The van der Waals surface area contributed by atoms with Crippen molar-refractivity contribution in [1.29, 1.82) is 0 Å². The molecule has 0 aliphatic heterocycles. The van der Waals surface area contributed by atoms with E-state index in [0.717, 1.165) is 0 Å². The Kier molecular flexibility index (Phi) is 32.3. The lowest BCUT2D eigenvalue weighted by atomic mass is 10.8. The van der Waals surface area contributed by atoms with E-state index >= 15 is 0 Å². The normalized spacial score (nSPS) is 7.23. The summed E-state index contributed by atoms with van der Waals surface area (Å²) in [5.74, 6) is 0. The number of nitrogens with two attached hydrogens (primary N) is 2. The molecule has 0 spiro atoms. The average Bonchev–Trinajstić information content (AvgIpc) is 3.50. The number of hydrogen-bond acceptors (Lipinski definition) is 9. The molecule has 2 amide bonds. The van der Waals surface area contributed by atoms with Crippen LogP contribution >= 0.6 is 23.2 Å². The van der Waals surface area contributed by atoms with Crippen molar-refractivity contribution in [3.05, 3.63) is 37.4 Å². The van der Waals surface area contributed by atoms with Gasteiger partial charge in [-0.25, -0.2) is 29.3 Å². The number of amides is 2. The minimum atomic E-state index is -0.889. The van der Waals surface area contributed by atoms with Gasteiger partial charge in [0.15, 0.2) is 0 Å². The molecule has 0 bridgehead atoms. The maximum absolute atomic E-state index is 11.4. The molecule has 30 heavy (non-hydrogen) atoms. The number of nitrogens with one attached hydrogen (secondary N) is 2. The third-order valence-electron chi connectivity index (χ3n) is 2.00. The molecule has 0 fully saturated rings. The van der Waals surface area contributed by atoms with Crippen LogP contribution in [-0.4, -0.2) is 77.2 Å². The van der Waals surface area contributed by atoms with E-state index in [9.17, 15) is 9.59 Å². The van der Waals surface area contributed by atoms with E-state index in [1.165, 1.54) is 49.0 Å². The molecular weight excluding hydrogens is 441 g/mol. The topological polar surface area (TPSA) is 192 Å². The first kappa shape index (κ1) is 34.4. The summed E-state index contributed by atoms with van der Waals surface area (Å²) in [6.07, 6.45) is 10.5. The Hall–Kier alpha value is -3.09. The van der Waals surface area contributed by atoms with Crippen molar-refractivity contribution in [2.24, 2.45) is 16.5 Å². The molecule has 0 aliphatic carbocycles. The standard InChI is InChI=1S/C7H6N4O.C3H8N2O.C2H3NO.CCl2O.2CH5N/c12-7(10-3-1-8-5-10)11-4-2-9-6-11;1-4-3(6)5-2;1-3-2-4;2-1(3)4;2*1-2/h1-6H;1-2H3,(H2,4,5,6);1H3;;2*2H2,1H3. The number of halogens is 2. The summed E-state index contributed by atoms with van der Waals surface area (Å²) in [6, 6.07) is -0.347. The molecular formula is C15H27Cl2N9O4. The van der Waals surface area contributed by atoms with Gasteiger partial charge in [-0.2, -0.15) is 0 Å². The van der Waals surface area contributed by atoms with Crippen LogP contribution < -0.4 is 22.1 Å². The second-order valence-electron chi connectivity index (χ2n) is 3.59. The number of carbonyl (C=O) groups excluding carboxylic acids is 4. The molecule has 0 unspecified atom stereocenters. The molecule has 6 N–H and O–H groups in total. The van der Waals surface area contributed by atoms with Gasteiger partial charge in [0.25, 0.3) is 0 Å². The smallest absolute Gasteiger partial charge is 0.338 e. The van der Waals surface area contributed by atoms with Gasteiger partial charge in [-0.1, -0.05) is 0 Å². The van der Waals surface area contributed by atoms with Crippen LogP contribution in [0.2, 0.25) is 0 Å². The molecule has 0 radical (unpaired) electrons. The van der Waals surface area contributed by atoms with Crippen LogP contribution in [-0.2, 0) is 4.79 Å². The maximum atomic E-state index is 11.4. The number of aromatic nitrogens is 4. The maximum Gasteiger partial charge on any atom is 0.338 e. The first-order valence-corrected chi connectivity index (χ1v) is 8.46. The Morgan fingerprint density at radius 1 is 0.933 bits per heavy atom. The number of aliphatic imine (C=N–C) groups is 1. The van der Waals surface area contributed by atoms with Gasteiger partial charge in [-0.3, -0.25) is 13.9 Å². The van der Waals surface area contributed by atoms with E-state index in [1.54, 1.807) is 38.9 Å². The number of rotatable bonds is 0. The fourth-order valence-corrected chi connectivity index (χ4v) is 1.00. The Bertz CT molecular complexity index is 643. The van der Waals surface area contributed by atoms with Crippen molar-refractivity contribution in [2.75, 3.05) is 35.2 Å². The van der Waals surface area contributed by atoms with Crippen LogP contribution in [0.5, 0.6) is 0 Å². The van der Waals surface area contributed by atoms with Crippen LogP contribution in [0.15, 0.2) is 42.4 Å². The highest BCUT2D eigenvalue weighted by atomic mass is 35.5. The monoisotopic (exact) mass is 467 g/mol. The molecule has 170 valence electrons. The lowest BCUT2D eigenvalue weighted by Crippen LogP contribution is -2.28. The Labute approximate surface area is 184 Å². The Balaban J connectivity index is -0.000000160. The minimum absolute atomic E-state index is 0.157. The van der Waals surface area contributed by atoms with E-state index in [-0.39, 0.29) is 12.1 Å². The lowest BCUT2D eigenvalue weighted by Gasteiger charge is -1.98. The first-order valence-electron chi connectivity index (χ1n) is 7.70. The minimum Gasteiger partial charge on any atom is -0.341 e. The summed E-state index contributed by atoms with van der Waals surface area (Å²) in [4.78, 5) is 49.7. The summed E-state index contributed by atoms with van der Waals surface area (Å²) in [6.45, 7) is 0. The summed E-state index contributed by atoms with van der Waals surface area (Å²) in [5.41, 5.74) is 9.00. The van der Waals surface area contributed by atoms with Crippen LogP contribution in [0.3, 0.4) is 0 Å². The fourth-order valence-electron chi connectivity index (χ4n) is 1.00. The van der Waals surface area contributed by atoms with Gasteiger partial charge in [0.1, 0.15) is 12.7 Å². The molecule has 0 saturated carbocycles. The van der Waals surface area contributed by atoms with Crippen molar-refractivity contribution >= 4 is 46.0 Å². The highest BCUT2D eigenvalue weighted by Gasteiger charge is 2.03. The van der Waals surface area contributed by atoms with E-state index in [1.807, 2.05) is 0 Å². The highest BCUT2D eigenvalue weighted by Crippen LogP contribution is 1.92. The summed E-state index contributed by atoms with van der Waals surface area (Å²) >= 11 is 8.80. The predicted octanol–water partition coefficient (Wildman–Crippen LogP) is 0.827. The summed E-state index contributed by atoms with van der Waals surface area (Å²) < 4.78 is 1.86. The van der Waals surface area contributed by atoms with Gasteiger partial charge in [0.05, 0.1) is 0 Å². The van der Waals surface area contributed by atoms with Crippen LogP contribution in [0, 0.1) is 0 Å². The lowest BCUT2D eigenvalue weighted by molar-refractivity contribution is 0.243. The van der Waals surface area contributed by atoms with Crippen LogP contribution in [0.1, 0.15) is 0 Å². The van der Waals surface area contributed by atoms with Gasteiger partial charge < -0.3 is 22.1 Å². The van der Waals surface area contributed by atoms with Crippen molar-refractivity contribution in [2.45, 2.75) is 0 Å². The molecule has 2 aromatic rings. The molecule has 0 aliphatic rings. The largest absolute Gasteiger partial charge is 0.341 e. The predicted molar refractivity (Wildman–Crippen MR) is 116 cm³/mol. The van der Waals surface area contributed by atoms with Crippen LogP contribution in [0.4, 0.5) is 14.4 Å². The van der Waals surface area contributed by atoms with Crippen molar-refractivity contribution in [3.63, 3.8) is 0 Å². The quantitative estimate of drug-likeness (QED) is 0.248. The average molecular weight is 468 g/mol. The van der Waals surface area contributed by atoms with Gasteiger partial charge in [0, 0.05) is 45.9 Å². The molecule has 2 heterocycles. The Morgan fingerprint density at radius 2 is 1.23 bits per heavy atom. The van der Waals surface area contributed by atoms with Gasteiger partial charge >= 0.3 is 16.8 Å². The fraction of sp³-hybridized carbons (Fsp3) is 0.333. The van der Waals surface area contributed by atoms with E-state index in [4.69, 9.17) is 9.59 Å². The SMILES string of the molecule is CN.CN.CN=C=O.CNC(=O)NC.O=C(Cl)Cl.O=C(n1ccnc1)n1ccnc1. The van der Waals surface area contributed by atoms with Gasteiger partial charge in [-0.15, -0.1) is 0 Å². The highest BCUT2D eigenvalue weighted by molar-refractivity contribution is 6.93. The van der Waals surface area contributed by atoms with Gasteiger partial charge in [0.2, 0.25) is 6.08 Å². The zero-order valence-electron chi connectivity index (χ0n) is 17.2. The second kappa shape index (κ2) is 28.1. The van der Waals surface area contributed by atoms with E-state index < -0.39 is 4.70 Å². The summed E-state index contributed by atoms with van der Waals surface area (Å²) in [5, 5.41) is 4.73. The number of isocyanates is 1. The molecule has 0 aromatic carbocycles. The number of urea groups is 1. The first-order chi connectivity index (χ1) is 14.3. The molecule has 2 aromatic heterocycles. The second-order valence-corrected chi connectivity index (χ2v) is 4.47. The zero-order chi connectivity index (χ0) is 24.4. The third kappa shape index (κ3) is 24.9.